The summed E-state index contributed by atoms with van der Waals surface area (Å²) in [4.78, 5) is 40.2. The minimum absolute atomic E-state index is 0.139. The highest BCUT2D eigenvalue weighted by Crippen LogP contribution is 2.24. The van der Waals surface area contributed by atoms with Crippen molar-refractivity contribution >= 4 is 34.1 Å². The van der Waals surface area contributed by atoms with E-state index < -0.39 is 11.2 Å². The zero-order valence-corrected chi connectivity index (χ0v) is 18.4. The maximum Gasteiger partial charge on any atom is 0.328 e. The van der Waals surface area contributed by atoms with Crippen LogP contribution in [0.4, 0.5) is 5.69 Å². The zero-order valence-electron chi connectivity index (χ0n) is 17.6. The Bertz CT molecular complexity index is 1410. The predicted molar refractivity (Wildman–Crippen MR) is 127 cm³/mol. The minimum Gasteiger partial charge on any atom is -0.457 e. The van der Waals surface area contributed by atoms with E-state index in [2.05, 4.69) is 10.3 Å². The minimum atomic E-state index is -0.557. The molecule has 0 saturated carbocycles. The molecule has 9 heteroatoms. The lowest BCUT2D eigenvalue weighted by atomic mass is 10.1. The third kappa shape index (κ3) is 5.14. The quantitative estimate of drug-likeness (QED) is 0.429. The van der Waals surface area contributed by atoms with Gasteiger partial charge >= 0.3 is 5.69 Å². The summed E-state index contributed by atoms with van der Waals surface area (Å²) in [6.07, 6.45) is 0. The summed E-state index contributed by atoms with van der Waals surface area (Å²) in [5.41, 5.74) is 0.158. The standard InChI is InChI=1S/C24H20ClN3O5/c1-32-13-12-28-23(30)20-11-2-15(14-21(20)27-24(28)31)22(29)26-17-5-9-19(10-6-17)33-18-7-3-16(25)4-8-18/h2-11,14H,12-13H2,1H3,(H,26,29)(H,27,31). The van der Waals surface area contributed by atoms with Crippen molar-refractivity contribution in [3.8, 4) is 11.5 Å². The van der Waals surface area contributed by atoms with Gasteiger partial charge in [-0.25, -0.2) is 4.79 Å². The number of nitrogens with zero attached hydrogens (tertiary/aromatic N) is 1. The van der Waals surface area contributed by atoms with Crippen LogP contribution in [0.3, 0.4) is 0 Å². The van der Waals surface area contributed by atoms with Gasteiger partial charge in [0.05, 0.1) is 24.1 Å². The summed E-state index contributed by atoms with van der Waals surface area (Å²) in [6.45, 7) is 0.374. The lowest BCUT2D eigenvalue weighted by Crippen LogP contribution is -2.36. The Kier molecular flexibility index (Phi) is 6.58. The summed E-state index contributed by atoms with van der Waals surface area (Å²) < 4.78 is 11.7. The highest BCUT2D eigenvalue weighted by atomic mass is 35.5. The molecule has 0 atom stereocenters. The molecular weight excluding hydrogens is 446 g/mol. The first kappa shape index (κ1) is 22.3. The molecule has 0 aliphatic rings. The second-order valence-corrected chi connectivity index (χ2v) is 7.61. The number of nitrogens with one attached hydrogen (secondary N) is 2. The molecule has 0 fully saturated rings. The Morgan fingerprint density at radius 2 is 1.67 bits per heavy atom. The molecule has 2 N–H and O–H groups in total. The average molecular weight is 466 g/mol. The van der Waals surface area contributed by atoms with Gasteiger partial charge < -0.3 is 19.8 Å². The van der Waals surface area contributed by atoms with Crippen LogP contribution in [0.5, 0.6) is 11.5 Å². The van der Waals surface area contributed by atoms with Crippen molar-refractivity contribution in [3.63, 3.8) is 0 Å². The normalized spacial score (nSPS) is 10.8. The number of halogens is 1. The van der Waals surface area contributed by atoms with Gasteiger partial charge in [0.15, 0.2) is 0 Å². The molecular formula is C24H20ClN3O5. The number of carbonyl (C=O) groups is 1. The van der Waals surface area contributed by atoms with Crippen LogP contribution in [-0.4, -0.2) is 29.2 Å². The lowest BCUT2D eigenvalue weighted by molar-refractivity contribution is 0.102. The van der Waals surface area contributed by atoms with Gasteiger partial charge in [-0.15, -0.1) is 0 Å². The molecule has 1 aromatic heterocycles. The number of aromatic nitrogens is 2. The third-order valence-corrected chi connectivity index (χ3v) is 5.18. The number of methoxy groups -OCH3 is 1. The summed E-state index contributed by atoms with van der Waals surface area (Å²) >= 11 is 5.87. The van der Waals surface area contributed by atoms with Crippen LogP contribution in [0.2, 0.25) is 5.02 Å². The number of hydrogen-bond donors (Lipinski definition) is 2. The number of fused-ring (bicyclic) bond motifs is 1. The molecule has 0 aliphatic carbocycles. The fourth-order valence-electron chi connectivity index (χ4n) is 3.23. The summed E-state index contributed by atoms with van der Waals surface area (Å²) in [5.74, 6) is 0.860. The maximum atomic E-state index is 12.7. The molecule has 0 saturated heterocycles. The fraction of sp³-hybridized carbons (Fsp3) is 0.125. The number of hydrogen-bond acceptors (Lipinski definition) is 5. The largest absolute Gasteiger partial charge is 0.457 e. The van der Waals surface area contributed by atoms with Crippen molar-refractivity contribution in [2.45, 2.75) is 6.54 Å². The SMILES string of the molecule is COCCn1c(=O)[nH]c2cc(C(=O)Nc3ccc(Oc4ccc(Cl)cc4)cc3)ccc2c1=O. The second-order valence-electron chi connectivity index (χ2n) is 7.17. The number of rotatable bonds is 7. The maximum absolute atomic E-state index is 12.7. The molecule has 1 heterocycles. The summed E-state index contributed by atoms with van der Waals surface area (Å²) in [7, 11) is 1.49. The van der Waals surface area contributed by atoms with Crippen LogP contribution in [0.15, 0.2) is 76.3 Å². The third-order valence-electron chi connectivity index (χ3n) is 4.92. The molecule has 168 valence electrons. The van der Waals surface area contributed by atoms with Crippen molar-refractivity contribution in [3.05, 3.63) is 98.2 Å². The van der Waals surface area contributed by atoms with E-state index in [0.717, 1.165) is 4.57 Å². The average Bonchev–Trinajstić information content (AvgIpc) is 2.81. The zero-order chi connectivity index (χ0) is 23.4. The van der Waals surface area contributed by atoms with Crippen LogP contribution >= 0.6 is 11.6 Å². The number of H-pyrrole nitrogens is 1. The van der Waals surface area contributed by atoms with E-state index in [1.165, 1.54) is 25.3 Å². The fourth-order valence-corrected chi connectivity index (χ4v) is 3.36. The number of benzene rings is 3. The smallest absolute Gasteiger partial charge is 0.328 e. The molecule has 0 spiro atoms. The van der Waals surface area contributed by atoms with E-state index in [4.69, 9.17) is 21.1 Å². The van der Waals surface area contributed by atoms with Crippen LogP contribution in [0.25, 0.3) is 10.9 Å². The van der Waals surface area contributed by atoms with E-state index >= 15 is 0 Å². The van der Waals surface area contributed by atoms with E-state index in [-0.39, 0.29) is 24.6 Å². The van der Waals surface area contributed by atoms with Gasteiger partial charge in [-0.1, -0.05) is 11.6 Å². The van der Waals surface area contributed by atoms with Gasteiger partial charge in [0, 0.05) is 23.4 Å². The van der Waals surface area contributed by atoms with Crippen LogP contribution < -0.4 is 21.3 Å². The number of carbonyl (C=O) groups excluding carboxylic acids is 1. The Morgan fingerprint density at radius 3 is 2.33 bits per heavy atom. The van der Waals surface area contributed by atoms with Crippen molar-refractivity contribution in [1.82, 2.24) is 9.55 Å². The highest BCUT2D eigenvalue weighted by Gasteiger charge is 2.12. The first-order valence-electron chi connectivity index (χ1n) is 10.1. The Labute approximate surface area is 193 Å². The summed E-state index contributed by atoms with van der Waals surface area (Å²) in [6, 6.07) is 18.4. The first-order chi connectivity index (χ1) is 15.9. The number of anilines is 1. The predicted octanol–water partition coefficient (Wildman–Crippen LogP) is 4.03. The summed E-state index contributed by atoms with van der Waals surface area (Å²) in [5, 5.41) is 3.72. The van der Waals surface area contributed by atoms with Gasteiger partial charge in [-0.05, 0) is 66.7 Å². The Morgan fingerprint density at radius 1 is 1.00 bits per heavy atom. The monoisotopic (exact) mass is 465 g/mol. The molecule has 0 radical (unpaired) electrons. The van der Waals surface area contributed by atoms with E-state index in [9.17, 15) is 14.4 Å². The van der Waals surface area contributed by atoms with Crippen molar-refractivity contribution in [2.75, 3.05) is 19.0 Å². The van der Waals surface area contributed by atoms with Gasteiger partial charge in [-0.3, -0.25) is 14.2 Å². The molecule has 0 unspecified atom stereocenters. The van der Waals surface area contributed by atoms with Gasteiger partial charge in [0.25, 0.3) is 11.5 Å². The molecule has 4 rings (SSSR count). The van der Waals surface area contributed by atoms with E-state index in [0.29, 0.717) is 33.2 Å². The van der Waals surface area contributed by atoms with Crippen LogP contribution in [-0.2, 0) is 11.3 Å². The number of ether oxygens (including phenoxy) is 2. The molecule has 0 aliphatic heterocycles. The molecule has 33 heavy (non-hydrogen) atoms. The lowest BCUT2D eigenvalue weighted by Gasteiger charge is -2.09. The second kappa shape index (κ2) is 9.72. The molecule has 3 aromatic carbocycles. The molecule has 4 aromatic rings. The van der Waals surface area contributed by atoms with Crippen molar-refractivity contribution in [1.29, 1.82) is 0 Å². The highest BCUT2D eigenvalue weighted by molar-refractivity contribution is 6.30. The van der Waals surface area contributed by atoms with E-state index in [1.807, 2.05) is 0 Å². The van der Waals surface area contributed by atoms with Gasteiger partial charge in [0.1, 0.15) is 11.5 Å². The Hall–Kier alpha value is -3.88. The number of aromatic amines is 1. The molecule has 8 nitrogen and oxygen atoms in total. The van der Waals surface area contributed by atoms with Crippen LogP contribution in [0.1, 0.15) is 10.4 Å². The molecule has 0 bridgehead atoms. The molecule has 1 amide bonds. The van der Waals surface area contributed by atoms with Crippen LogP contribution in [0, 0.1) is 0 Å². The number of amides is 1. The van der Waals surface area contributed by atoms with E-state index in [1.54, 1.807) is 48.5 Å². The Balaban J connectivity index is 1.49. The first-order valence-corrected chi connectivity index (χ1v) is 10.4. The van der Waals surface area contributed by atoms with Gasteiger partial charge in [0.2, 0.25) is 0 Å². The van der Waals surface area contributed by atoms with Crippen molar-refractivity contribution in [2.24, 2.45) is 0 Å². The van der Waals surface area contributed by atoms with Gasteiger partial charge in [-0.2, -0.15) is 0 Å². The topological polar surface area (TPSA) is 102 Å². The van der Waals surface area contributed by atoms with Crippen molar-refractivity contribution < 1.29 is 14.3 Å².